The van der Waals surface area contributed by atoms with Crippen LogP contribution in [0.3, 0.4) is 0 Å². The average molecular weight is 423 g/mol. The largest absolute Gasteiger partial charge is 0.494 e. The number of likely N-dealkylation sites (tertiary alicyclic amines) is 1. The van der Waals surface area contributed by atoms with Crippen molar-refractivity contribution < 1.29 is 14.3 Å². The number of hydrogen-bond donors (Lipinski definition) is 1. The second-order valence-corrected chi connectivity index (χ2v) is 9.22. The summed E-state index contributed by atoms with van der Waals surface area (Å²) in [5.74, 6) is 0.966. The number of rotatable bonds is 7. The minimum atomic E-state index is -0.0435. The Bertz CT molecular complexity index is 848. The molecule has 2 aromatic rings. The van der Waals surface area contributed by atoms with Gasteiger partial charge >= 0.3 is 0 Å². The van der Waals surface area contributed by atoms with Gasteiger partial charge in [-0.15, -0.1) is 0 Å². The lowest BCUT2D eigenvalue weighted by atomic mass is 9.87. The third-order valence-electron chi connectivity index (χ3n) is 5.74. The standard InChI is InChI=1S/C26H34N2O3/c1-26(2,3)21-11-13-23(14-12-21)31-19-7-10-24(29)28-17-15-22(16-18-28)27-25(30)20-8-5-4-6-9-20/h4-6,8-9,11-14,22H,7,10,15-19H2,1-3H3,(H,27,30). The van der Waals surface area contributed by atoms with E-state index in [0.29, 0.717) is 38.1 Å². The molecule has 0 spiro atoms. The van der Waals surface area contributed by atoms with Gasteiger partial charge in [0.1, 0.15) is 5.75 Å². The van der Waals surface area contributed by atoms with Crippen LogP contribution < -0.4 is 10.1 Å². The highest BCUT2D eigenvalue weighted by Gasteiger charge is 2.23. The van der Waals surface area contributed by atoms with Gasteiger partial charge in [0, 0.05) is 31.1 Å². The Hall–Kier alpha value is -2.82. The van der Waals surface area contributed by atoms with E-state index in [0.717, 1.165) is 18.6 Å². The quantitative estimate of drug-likeness (QED) is 0.665. The van der Waals surface area contributed by atoms with E-state index in [1.165, 1.54) is 5.56 Å². The fourth-order valence-corrected chi connectivity index (χ4v) is 3.75. The first-order valence-corrected chi connectivity index (χ1v) is 11.2. The molecule has 5 heteroatoms. The molecule has 0 bridgehead atoms. The molecule has 1 heterocycles. The lowest BCUT2D eigenvalue weighted by Gasteiger charge is -2.32. The van der Waals surface area contributed by atoms with Crippen LogP contribution in [0, 0.1) is 0 Å². The summed E-state index contributed by atoms with van der Waals surface area (Å²) in [5, 5.41) is 3.08. The van der Waals surface area contributed by atoms with Crippen molar-refractivity contribution in [3.8, 4) is 5.75 Å². The zero-order chi connectivity index (χ0) is 22.3. The average Bonchev–Trinajstić information content (AvgIpc) is 2.77. The van der Waals surface area contributed by atoms with Gasteiger partial charge in [-0.1, -0.05) is 51.1 Å². The van der Waals surface area contributed by atoms with Gasteiger partial charge in [-0.2, -0.15) is 0 Å². The molecule has 1 fully saturated rings. The third kappa shape index (κ3) is 6.84. The minimum Gasteiger partial charge on any atom is -0.494 e. The van der Waals surface area contributed by atoms with Crippen LogP contribution in [-0.2, 0) is 10.2 Å². The van der Waals surface area contributed by atoms with Gasteiger partial charge in [0.25, 0.3) is 5.91 Å². The van der Waals surface area contributed by atoms with Gasteiger partial charge in [0.2, 0.25) is 5.91 Å². The number of carbonyl (C=O) groups is 2. The molecule has 1 aliphatic rings. The normalized spacial score (nSPS) is 14.9. The molecule has 0 aromatic heterocycles. The number of carbonyl (C=O) groups excluding carboxylic acids is 2. The van der Waals surface area contributed by atoms with Crippen LogP contribution in [0.25, 0.3) is 0 Å². The third-order valence-corrected chi connectivity index (χ3v) is 5.74. The van der Waals surface area contributed by atoms with Gasteiger partial charge in [0.05, 0.1) is 6.61 Å². The number of amides is 2. The summed E-state index contributed by atoms with van der Waals surface area (Å²) in [6.07, 6.45) is 2.77. The van der Waals surface area contributed by atoms with Gasteiger partial charge in [-0.25, -0.2) is 0 Å². The molecular formula is C26H34N2O3. The first kappa shape index (κ1) is 22.9. The van der Waals surface area contributed by atoms with Crippen LogP contribution in [-0.4, -0.2) is 42.5 Å². The van der Waals surface area contributed by atoms with Crippen LogP contribution in [0.1, 0.15) is 62.4 Å². The maximum absolute atomic E-state index is 12.5. The van der Waals surface area contributed by atoms with E-state index >= 15 is 0 Å². The molecule has 0 radical (unpaired) electrons. The van der Waals surface area contributed by atoms with Crippen molar-refractivity contribution in [2.75, 3.05) is 19.7 Å². The minimum absolute atomic E-state index is 0.0435. The summed E-state index contributed by atoms with van der Waals surface area (Å²) < 4.78 is 5.80. The van der Waals surface area contributed by atoms with E-state index in [1.54, 1.807) is 0 Å². The maximum atomic E-state index is 12.5. The van der Waals surface area contributed by atoms with Crippen LogP contribution in [0.2, 0.25) is 0 Å². The number of ether oxygens (including phenoxy) is 1. The molecular weight excluding hydrogens is 388 g/mol. The molecule has 1 saturated heterocycles. The van der Waals surface area contributed by atoms with Crippen molar-refractivity contribution in [3.63, 3.8) is 0 Å². The SMILES string of the molecule is CC(C)(C)c1ccc(OCCCC(=O)N2CCC(NC(=O)c3ccccc3)CC2)cc1. The Morgan fingerprint density at radius 1 is 1.00 bits per heavy atom. The highest BCUT2D eigenvalue weighted by atomic mass is 16.5. The lowest BCUT2D eigenvalue weighted by Crippen LogP contribution is -2.46. The zero-order valence-electron chi connectivity index (χ0n) is 18.9. The van der Waals surface area contributed by atoms with Crippen LogP contribution in [0.15, 0.2) is 54.6 Å². The number of hydrogen-bond acceptors (Lipinski definition) is 3. The van der Waals surface area contributed by atoms with Gasteiger partial charge in [-0.05, 0) is 54.5 Å². The Labute approximate surface area is 185 Å². The number of piperidine rings is 1. The molecule has 1 aliphatic heterocycles. The Balaban J connectivity index is 1.33. The van der Waals surface area contributed by atoms with Gasteiger partial charge in [-0.3, -0.25) is 9.59 Å². The van der Waals surface area contributed by atoms with Crippen molar-refractivity contribution in [2.45, 2.75) is 57.9 Å². The molecule has 3 rings (SSSR count). The van der Waals surface area contributed by atoms with Crippen molar-refractivity contribution >= 4 is 11.8 Å². The predicted molar refractivity (Wildman–Crippen MR) is 123 cm³/mol. The van der Waals surface area contributed by atoms with E-state index in [9.17, 15) is 9.59 Å². The topological polar surface area (TPSA) is 58.6 Å². The molecule has 0 unspecified atom stereocenters. The Morgan fingerprint density at radius 2 is 1.65 bits per heavy atom. The molecule has 2 amide bonds. The molecule has 1 N–H and O–H groups in total. The molecule has 166 valence electrons. The van der Waals surface area contributed by atoms with Crippen molar-refractivity contribution in [3.05, 3.63) is 65.7 Å². The van der Waals surface area contributed by atoms with Crippen molar-refractivity contribution in [1.82, 2.24) is 10.2 Å². The molecule has 0 saturated carbocycles. The van der Waals surface area contributed by atoms with Crippen LogP contribution >= 0.6 is 0 Å². The van der Waals surface area contributed by atoms with Crippen molar-refractivity contribution in [1.29, 1.82) is 0 Å². The Kier molecular flexibility index (Phi) is 7.72. The van der Waals surface area contributed by atoms with E-state index < -0.39 is 0 Å². The fraction of sp³-hybridized carbons (Fsp3) is 0.462. The first-order valence-electron chi connectivity index (χ1n) is 11.2. The summed E-state index contributed by atoms with van der Waals surface area (Å²) in [6.45, 7) is 8.48. The summed E-state index contributed by atoms with van der Waals surface area (Å²) in [7, 11) is 0. The van der Waals surface area contributed by atoms with E-state index in [-0.39, 0.29) is 23.3 Å². The smallest absolute Gasteiger partial charge is 0.251 e. The highest BCUT2D eigenvalue weighted by molar-refractivity contribution is 5.94. The lowest BCUT2D eigenvalue weighted by molar-refractivity contribution is -0.132. The highest BCUT2D eigenvalue weighted by Crippen LogP contribution is 2.24. The second kappa shape index (κ2) is 10.5. The summed E-state index contributed by atoms with van der Waals surface area (Å²) in [5.41, 5.74) is 2.08. The van der Waals surface area contributed by atoms with Gasteiger partial charge in [0.15, 0.2) is 0 Å². The molecule has 0 atom stereocenters. The van der Waals surface area contributed by atoms with Crippen LogP contribution in [0.4, 0.5) is 0 Å². The van der Waals surface area contributed by atoms with E-state index in [2.05, 4.69) is 38.2 Å². The van der Waals surface area contributed by atoms with E-state index in [4.69, 9.17) is 4.74 Å². The molecule has 0 aliphatic carbocycles. The monoisotopic (exact) mass is 422 g/mol. The number of nitrogens with zero attached hydrogens (tertiary/aromatic N) is 1. The number of benzene rings is 2. The second-order valence-electron chi connectivity index (χ2n) is 9.22. The van der Waals surface area contributed by atoms with Gasteiger partial charge < -0.3 is 15.0 Å². The molecule has 5 nitrogen and oxygen atoms in total. The summed E-state index contributed by atoms with van der Waals surface area (Å²) in [4.78, 5) is 26.7. The maximum Gasteiger partial charge on any atom is 0.251 e. The Morgan fingerprint density at radius 3 is 2.26 bits per heavy atom. The zero-order valence-corrected chi connectivity index (χ0v) is 18.9. The summed E-state index contributed by atoms with van der Waals surface area (Å²) >= 11 is 0. The predicted octanol–water partition coefficient (Wildman–Crippen LogP) is 4.56. The van der Waals surface area contributed by atoms with Crippen molar-refractivity contribution in [2.24, 2.45) is 0 Å². The van der Waals surface area contributed by atoms with Crippen LogP contribution in [0.5, 0.6) is 5.75 Å². The summed E-state index contributed by atoms with van der Waals surface area (Å²) in [6, 6.07) is 17.6. The number of nitrogens with one attached hydrogen (secondary N) is 1. The molecule has 31 heavy (non-hydrogen) atoms. The first-order chi connectivity index (χ1) is 14.8. The van der Waals surface area contributed by atoms with E-state index in [1.807, 2.05) is 47.4 Å². The molecule has 2 aromatic carbocycles. The fourth-order valence-electron chi connectivity index (χ4n) is 3.75.